The number of pyridine rings is 1. The third-order valence-electron chi connectivity index (χ3n) is 2.68. The highest BCUT2D eigenvalue weighted by atomic mass is 79.9. The van der Waals surface area contributed by atoms with Crippen molar-refractivity contribution in [2.24, 2.45) is 0 Å². The van der Waals surface area contributed by atoms with Gasteiger partial charge in [0.15, 0.2) is 0 Å². The van der Waals surface area contributed by atoms with Crippen LogP contribution in [-0.2, 0) is 6.61 Å². The predicted octanol–water partition coefficient (Wildman–Crippen LogP) is 2.97. The minimum Gasteiger partial charge on any atom is -0.488 e. The highest BCUT2D eigenvalue weighted by Gasteiger charge is 2.23. The number of ether oxygens (including phenoxy) is 1. The van der Waals surface area contributed by atoms with Crippen molar-refractivity contribution in [1.82, 2.24) is 4.98 Å². The molecule has 1 aromatic heterocycles. The first-order chi connectivity index (χ1) is 8.25. The van der Waals surface area contributed by atoms with Gasteiger partial charge in [0, 0.05) is 16.2 Å². The largest absolute Gasteiger partial charge is 0.488 e. The molecule has 0 saturated carbocycles. The fourth-order valence-corrected chi connectivity index (χ4v) is 2.19. The number of nitrogens with zero attached hydrogens (tertiary/aromatic N) is 1. The van der Waals surface area contributed by atoms with E-state index < -0.39 is 0 Å². The number of aromatic nitrogens is 1. The van der Waals surface area contributed by atoms with Crippen molar-refractivity contribution in [2.75, 3.05) is 0 Å². The Morgan fingerprint density at radius 3 is 3.06 bits per heavy atom. The van der Waals surface area contributed by atoms with E-state index in [0.717, 1.165) is 10.0 Å². The number of carbonyl (C=O) groups excluding carboxylic acids is 1. The van der Waals surface area contributed by atoms with Gasteiger partial charge in [-0.05, 0) is 24.3 Å². The molecule has 0 unspecified atom stereocenters. The van der Waals surface area contributed by atoms with Gasteiger partial charge in [-0.25, -0.2) is 0 Å². The van der Waals surface area contributed by atoms with Crippen molar-refractivity contribution >= 4 is 21.7 Å². The van der Waals surface area contributed by atoms with Crippen molar-refractivity contribution in [3.8, 4) is 5.75 Å². The van der Waals surface area contributed by atoms with Gasteiger partial charge in [-0.15, -0.1) is 0 Å². The van der Waals surface area contributed by atoms with E-state index >= 15 is 0 Å². The van der Waals surface area contributed by atoms with E-state index in [0.29, 0.717) is 23.6 Å². The summed E-state index contributed by atoms with van der Waals surface area (Å²) < 4.78 is 6.53. The SMILES string of the molecule is O=C1c2ccc(Br)cc2OCc2cccnc21. The predicted molar refractivity (Wildman–Crippen MR) is 66.1 cm³/mol. The van der Waals surface area contributed by atoms with Crippen LogP contribution in [0.2, 0.25) is 0 Å². The van der Waals surface area contributed by atoms with Crippen LogP contribution in [-0.4, -0.2) is 10.8 Å². The van der Waals surface area contributed by atoms with Crippen molar-refractivity contribution in [2.45, 2.75) is 6.61 Å². The zero-order valence-corrected chi connectivity index (χ0v) is 10.4. The first-order valence-corrected chi connectivity index (χ1v) is 5.96. The van der Waals surface area contributed by atoms with E-state index in [4.69, 9.17) is 4.74 Å². The van der Waals surface area contributed by atoms with Crippen LogP contribution in [0.15, 0.2) is 41.0 Å². The standard InChI is InChI=1S/C13H8BrNO2/c14-9-3-4-10-11(6-9)17-7-8-2-1-5-15-12(8)13(10)16/h1-6H,7H2. The van der Waals surface area contributed by atoms with E-state index in [9.17, 15) is 4.79 Å². The molecule has 0 saturated heterocycles. The number of benzene rings is 1. The summed E-state index contributed by atoms with van der Waals surface area (Å²) in [5, 5.41) is 0. The number of fused-ring (bicyclic) bond motifs is 2. The fraction of sp³-hybridized carbons (Fsp3) is 0.0769. The van der Waals surface area contributed by atoms with Gasteiger partial charge in [-0.2, -0.15) is 0 Å². The van der Waals surface area contributed by atoms with E-state index in [1.165, 1.54) is 0 Å². The number of hydrogen-bond donors (Lipinski definition) is 0. The Balaban J connectivity index is 2.20. The molecular formula is C13H8BrNO2. The summed E-state index contributed by atoms with van der Waals surface area (Å²) in [7, 11) is 0. The lowest BCUT2D eigenvalue weighted by molar-refractivity contribution is 0.103. The molecule has 0 amide bonds. The number of carbonyl (C=O) groups is 1. The molecule has 2 aromatic rings. The Hall–Kier alpha value is -1.68. The first kappa shape index (κ1) is 10.5. The lowest BCUT2D eigenvalue weighted by atomic mass is 10.0. The molecule has 0 N–H and O–H groups in total. The van der Waals surface area contributed by atoms with Gasteiger partial charge in [0.2, 0.25) is 5.78 Å². The number of rotatable bonds is 0. The molecule has 0 radical (unpaired) electrons. The first-order valence-electron chi connectivity index (χ1n) is 5.16. The maximum Gasteiger partial charge on any atom is 0.215 e. The average Bonchev–Trinajstić information content (AvgIpc) is 2.48. The molecule has 0 aliphatic carbocycles. The summed E-state index contributed by atoms with van der Waals surface area (Å²) in [6.07, 6.45) is 1.63. The Labute approximate surface area is 107 Å². The zero-order chi connectivity index (χ0) is 11.8. The fourth-order valence-electron chi connectivity index (χ4n) is 1.85. The van der Waals surface area contributed by atoms with Crippen LogP contribution in [0.25, 0.3) is 0 Å². The van der Waals surface area contributed by atoms with Crippen LogP contribution >= 0.6 is 15.9 Å². The lowest BCUT2D eigenvalue weighted by Crippen LogP contribution is -2.05. The molecule has 1 aliphatic rings. The number of ketones is 1. The summed E-state index contributed by atoms with van der Waals surface area (Å²) >= 11 is 3.36. The van der Waals surface area contributed by atoms with Crippen molar-refractivity contribution in [3.63, 3.8) is 0 Å². The molecule has 0 bridgehead atoms. The maximum atomic E-state index is 12.3. The summed E-state index contributed by atoms with van der Waals surface area (Å²) in [5.41, 5.74) is 1.86. The van der Waals surface area contributed by atoms with Gasteiger partial charge in [-0.1, -0.05) is 22.0 Å². The summed E-state index contributed by atoms with van der Waals surface area (Å²) in [4.78, 5) is 16.4. The second kappa shape index (κ2) is 3.96. The van der Waals surface area contributed by atoms with Crippen LogP contribution in [0.4, 0.5) is 0 Å². The smallest absolute Gasteiger partial charge is 0.215 e. The topological polar surface area (TPSA) is 39.2 Å². The summed E-state index contributed by atoms with van der Waals surface area (Å²) in [6, 6.07) is 9.06. The second-order valence-electron chi connectivity index (χ2n) is 3.77. The minimum absolute atomic E-state index is 0.0828. The van der Waals surface area contributed by atoms with E-state index in [-0.39, 0.29) is 5.78 Å². The average molecular weight is 290 g/mol. The van der Waals surface area contributed by atoms with Gasteiger partial charge >= 0.3 is 0 Å². The monoisotopic (exact) mass is 289 g/mol. The van der Waals surface area contributed by atoms with Crippen LogP contribution in [0.1, 0.15) is 21.6 Å². The quantitative estimate of drug-likeness (QED) is 0.748. The van der Waals surface area contributed by atoms with Gasteiger partial charge in [0.1, 0.15) is 18.1 Å². The molecule has 2 heterocycles. The molecule has 1 aliphatic heterocycles. The van der Waals surface area contributed by atoms with Crippen molar-refractivity contribution in [3.05, 3.63) is 57.8 Å². The number of halogens is 1. The van der Waals surface area contributed by atoms with Gasteiger partial charge in [-0.3, -0.25) is 9.78 Å². The third kappa shape index (κ3) is 1.74. The Kier molecular flexibility index (Phi) is 2.44. The molecule has 84 valence electrons. The Morgan fingerprint density at radius 2 is 2.18 bits per heavy atom. The van der Waals surface area contributed by atoms with Crippen LogP contribution < -0.4 is 4.74 Å². The molecular weight excluding hydrogens is 282 g/mol. The number of hydrogen-bond acceptors (Lipinski definition) is 3. The molecule has 3 rings (SSSR count). The van der Waals surface area contributed by atoms with Crippen molar-refractivity contribution < 1.29 is 9.53 Å². The lowest BCUT2D eigenvalue weighted by Gasteiger charge is -2.05. The van der Waals surface area contributed by atoms with Crippen LogP contribution in [0, 0.1) is 0 Å². The molecule has 0 fully saturated rings. The van der Waals surface area contributed by atoms with Gasteiger partial charge in [0.25, 0.3) is 0 Å². The molecule has 0 spiro atoms. The summed E-state index contributed by atoms with van der Waals surface area (Å²) in [6.45, 7) is 0.373. The highest BCUT2D eigenvalue weighted by Crippen LogP contribution is 2.29. The zero-order valence-electron chi connectivity index (χ0n) is 8.81. The van der Waals surface area contributed by atoms with Crippen LogP contribution in [0.3, 0.4) is 0 Å². The third-order valence-corrected chi connectivity index (χ3v) is 3.17. The van der Waals surface area contributed by atoms with Gasteiger partial charge < -0.3 is 4.74 Å². The molecule has 4 heteroatoms. The molecule has 17 heavy (non-hydrogen) atoms. The van der Waals surface area contributed by atoms with Crippen molar-refractivity contribution in [1.29, 1.82) is 0 Å². The second-order valence-corrected chi connectivity index (χ2v) is 4.69. The van der Waals surface area contributed by atoms with E-state index in [1.54, 1.807) is 24.4 Å². The van der Waals surface area contributed by atoms with Gasteiger partial charge in [0.05, 0.1) is 5.56 Å². The van der Waals surface area contributed by atoms with E-state index in [1.807, 2.05) is 12.1 Å². The highest BCUT2D eigenvalue weighted by molar-refractivity contribution is 9.10. The molecule has 1 aromatic carbocycles. The molecule has 0 atom stereocenters. The minimum atomic E-state index is -0.0828. The normalized spacial score (nSPS) is 13.4. The summed E-state index contributed by atoms with van der Waals surface area (Å²) in [5.74, 6) is 0.517. The Morgan fingerprint density at radius 1 is 1.29 bits per heavy atom. The maximum absolute atomic E-state index is 12.3. The van der Waals surface area contributed by atoms with E-state index in [2.05, 4.69) is 20.9 Å². The van der Waals surface area contributed by atoms with Crippen LogP contribution in [0.5, 0.6) is 5.75 Å². The Bertz CT molecular complexity index is 610. The molecule has 3 nitrogen and oxygen atoms in total.